The number of amides is 1. The van der Waals surface area contributed by atoms with E-state index in [1.54, 1.807) is 6.07 Å². The maximum absolute atomic E-state index is 13.3. The van der Waals surface area contributed by atoms with Crippen molar-refractivity contribution in [3.8, 4) is 0 Å². The summed E-state index contributed by atoms with van der Waals surface area (Å²) in [5.41, 5.74) is 2.16. The molecule has 1 amide bonds. The summed E-state index contributed by atoms with van der Waals surface area (Å²) >= 11 is 1.38. The zero-order valence-corrected chi connectivity index (χ0v) is 11.1. The molecule has 0 radical (unpaired) electrons. The van der Waals surface area contributed by atoms with Gasteiger partial charge in [0.25, 0.3) is 5.91 Å². The van der Waals surface area contributed by atoms with Crippen molar-refractivity contribution in [2.45, 2.75) is 0 Å². The lowest BCUT2D eigenvalue weighted by molar-refractivity contribution is 0.103. The Balaban J connectivity index is 1.99. The third kappa shape index (κ3) is 1.60. The smallest absolute Gasteiger partial charge is 0.259 e. The van der Waals surface area contributed by atoms with Gasteiger partial charge in [0.1, 0.15) is 10.8 Å². The van der Waals surface area contributed by atoms with Crippen molar-refractivity contribution in [2.75, 3.05) is 10.6 Å². The molecule has 3 nitrogen and oxygen atoms in total. The lowest BCUT2D eigenvalue weighted by Gasteiger charge is -2.06. The van der Waals surface area contributed by atoms with Crippen LogP contribution in [0.25, 0.3) is 10.1 Å². The summed E-state index contributed by atoms with van der Waals surface area (Å²) in [5.74, 6) is -0.468. The van der Waals surface area contributed by atoms with Gasteiger partial charge in [0.2, 0.25) is 0 Å². The maximum atomic E-state index is 13.3. The summed E-state index contributed by atoms with van der Waals surface area (Å²) in [6.45, 7) is 0. The van der Waals surface area contributed by atoms with Crippen LogP contribution in [0.1, 0.15) is 10.4 Å². The average molecular weight is 284 g/mol. The van der Waals surface area contributed by atoms with Crippen LogP contribution in [0.4, 0.5) is 20.8 Å². The van der Waals surface area contributed by atoms with Crippen LogP contribution in [0.5, 0.6) is 0 Å². The van der Waals surface area contributed by atoms with Crippen LogP contribution in [0, 0.1) is 5.82 Å². The molecule has 2 heterocycles. The topological polar surface area (TPSA) is 41.1 Å². The predicted molar refractivity (Wildman–Crippen MR) is 79.5 cm³/mol. The number of anilines is 3. The minimum absolute atomic E-state index is 0.171. The van der Waals surface area contributed by atoms with E-state index >= 15 is 0 Å². The number of benzene rings is 2. The van der Waals surface area contributed by atoms with E-state index in [2.05, 4.69) is 10.6 Å². The SMILES string of the molecule is O=C1Nc2ccccc2Nc2sc3cc(F)ccc3c21. The van der Waals surface area contributed by atoms with Crippen LogP contribution in [-0.2, 0) is 0 Å². The van der Waals surface area contributed by atoms with Crippen molar-refractivity contribution >= 4 is 43.7 Å². The van der Waals surface area contributed by atoms with Crippen molar-refractivity contribution in [3.05, 3.63) is 53.8 Å². The van der Waals surface area contributed by atoms with Gasteiger partial charge in [-0.15, -0.1) is 11.3 Å². The van der Waals surface area contributed by atoms with E-state index in [9.17, 15) is 9.18 Å². The third-order valence-corrected chi connectivity index (χ3v) is 4.37. The van der Waals surface area contributed by atoms with E-state index in [-0.39, 0.29) is 11.7 Å². The molecule has 4 rings (SSSR count). The summed E-state index contributed by atoms with van der Waals surface area (Å²) in [6, 6.07) is 12.0. The molecule has 5 heteroatoms. The van der Waals surface area contributed by atoms with E-state index in [0.717, 1.165) is 26.5 Å². The number of thiophene rings is 1. The molecule has 1 aliphatic rings. The largest absolute Gasteiger partial charge is 0.345 e. The van der Waals surface area contributed by atoms with Gasteiger partial charge in [-0.3, -0.25) is 4.79 Å². The fourth-order valence-electron chi connectivity index (χ4n) is 2.39. The Morgan fingerprint density at radius 1 is 1.00 bits per heavy atom. The second kappa shape index (κ2) is 4.05. The fraction of sp³-hybridized carbons (Fsp3) is 0. The van der Waals surface area contributed by atoms with Crippen molar-refractivity contribution in [1.29, 1.82) is 0 Å². The van der Waals surface area contributed by atoms with Crippen LogP contribution >= 0.6 is 11.3 Å². The molecule has 0 bridgehead atoms. The van der Waals surface area contributed by atoms with Gasteiger partial charge >= 0.3 is 0 Å². The molecule has 0 fully saturated rings. The molecule has 0 unspecified atom stereocenters. The first kappa shape index (κ1) is 11.4. The van der Waals surface area contributed by atoms with E-state index < -0.39 is 0 Å². The Bertz CT molecular complexity index is 856. The van der Waals surface area contributed by atoms with Crippen molar-refractivity contribution < 1.29 is 9.18 Å². The van der Waals surface area contributed by atoms with Gasteiger partial charge in [0.05, 0.1) is 16.9 Å². The number of carbonyl (C=O) groups is 1. The molecule has 0 saturated carbocycles. The van der Waals surface area contributed by atoms with Crippen molar-refractivity contribution in [3.63, 3.8) is 0 Å². The number of carbonyl (C=O) groups excluding carboxylic acids is 1. The van der Waals surface area contributed by atoms with E-state index in [0.29, 0.717) is 5.56 Å². The summed E-state index contributed by atoms with van der Waals surface area (Å²) in [7, 11) is 0. The van der Waals surface area contributed by atoms with Gasteiger partial charge < -0.3 is 10.6 Å². The molecule has 0 aliphatic carbocycles. The van der Waals surface area contributed by atoms with E-state index in [1.165, 1.54) is 23.5 Å². The first-order valence-electron chi connectivity index (χ1n) is 6.12. The maximum Gasteiger partial charge on any atom is 0.259 e. The number of rotatable bonds is 0. The zero-order chi connectivity index (χ0) is 13.7. The molecule has 3 aromatic rings. The minimum Gasteiger partial charge on any atom is -0.345 e. The molecule has 2 aromatic carbocycles. The lowest BCUT2D eigenvalue weighted by atomic mass is 10.1. The number of para-hydroxylation sites is 2. The summed E-state index contributed by atoms with van der Waals surface area (Å²) in [5, 5.41) is 7.65. The first-order chi connectivity index (χ1) is 9.72. The predicted octanol–water partition coefficient (Wildman–Crippen LogP) is 4.35. The molecule has 0 spiro atoms. The van der Waals surface area contributed by atoms with Crippen LogP contribution in [0.2, 0.25) is 0 Å². The lowest BCUT2D eigenvalue weighted by Crippen LogP contribution is -2.10. The second-order valence-electron chi connectivity index (χ2n) is 4.57. The number of hydrogen-bond acceptors (Lipinski definition) is 3. The summed E-state index contributed by atoms with van der Waals surface area (Å²) < 4.78 is 14.1. The number of halogens is 1. The highest BCUT2D eigenvalue weighted by atomic mass is 32.1. The van der Waals surface area contributed by atoms with Gasteiger partial charge in [0.15, 0.2) is 0 Å². The number of fused-ring (bicyclic) bond motifs is 4. The van der Waals surface area contributed by atoms with Crippen LogP contribution in [0.15, 0.2) is 42.5 Å². The highest BCUT2D eigenvalue weighted by molar-refractivity contribution is 7.23. The Hall–Kier alpha value is -2.40. The Labute approximate surface area is 118 Å². The summed E-state index contributed by atoms with van der Waals surface area (Å²) in [6.07, 6.45) is 0. The van der Waals surface area contributed by atoms with Gasteiger partial charge in [0, 0.05) is 10.1 Å². The molecule has 2 N–H and O–H groups in total. The third-order valence-electron chi connectivity index (χ3n) is 3.30. The highest BCUT2D eigenvalue weighted by Crippen LogP contribution is 2.41. The second-order valence-corrected chi connectivity index (χ2v) is 5.62. The number of hydrogen-bond donors (Lipinski definition) is 2. The fourth-order valence-corrected chi connectivity index (χ4v) is 3.53. The molecular formula is C15H9FN2OS. The Kier molecular flexibility index (Phi) is 2.31. The monoisotopic (exact) mass is 284 g/mol. The van der Waals surface area contributed by atoms with E-state index in [1.807, 2.05) is 24.3 Å². The quantitative estimate of drug-likeness (QED) is 0.644. The van der Waals surface area contributed by atoms with E-state index in [4.69, 9.17) is 0 Å². The molecule has 20 heavy (non-hydrogen) atoms. The Morgan fingerprint density at radius 2 is 1.75 bits per heavy atom. The van der Waals surface area contributed by atoms with Crippen molar-refractivity contribution in [1.82, 2.24) is 0 Å². The van der Waals surface area contributed by atoms with Gasteiger partial charge in [-0.25, -0.2) is 4.39 Å². The molecule has 1 aliphatic heterocycles. The molecule has 1 aromatic heterocycles. The molecule has 0 saturated heterocycles. The first-order valence-corrected chi connectivity index (χ1v) is 6.93. The van der Waals surface area contributed by atoms with Crippen LogP contribution < -0.4 is 10.6 Å². The van der Waals surface area contributed by atoms with Gasteiger partial charge in [-0.05, 0) is 30.3 Å². The van der Waals surface area contributed by atoms with Gasteiger partial charge in [-0.2, -0.15) is 0 Å². The Morgan fingerprint density at radius 3 is 2.55 bits per heavy atom. The molecule has 98 valence electrons. The van der Waals surface area contributed by atoms with Gasteiger partial charge in [-0.1, -0.05) is 12.1 Å². The normalized spacial score (nSPS) is 13.2. The van der Waals surface area contributed by atoms with Crippen LogP contribution in [-0.4, -0.2) is 5.91 Å². The van der Waals surface area contributed by atoms with Crippen molar-refractivity contribution in [2.24, 2.45) is 0 Å². The zero-order valence-electron chi connectivity index (χ0n) is 10.2. The highest BCUT2D eigenvalue weighted by Gasteiger charge is 2.23. The average Bonchev–Trinajstić information content (AvgIpc) is 2.71. The minimum atomic E-state index is -0.297. The van der Waals surface area contributed by atoms with Crippen LogP contribution in [0.3, 0.4) is 0 Å². The molecular weight excluding hydrogens is 275 g/mol. The summed E-state index contributed by atoms with van der Waals surface area (Å²) in [4.78, 5) is 12.4. The molecule has 0 atom stereocenters. The standard InChI is InChI=1S/C15H9FN2OS/c16-8-5-6-9-12(7-8)20-15-13(9)14(19)17-10-3-1-2-4-11(10)18-15/h1-7,18H,(H,17,19). The number of nitrogens with one attached hydrogen (secondary N) is 2.